The first-order valence-corrected chi connectivity index (χ1v) is 9.42. The third kappa shape index (κ3) is 3.30. The van der Waals surface area contributed by atoms with E-state index in [1.807, 2.05) is 0 Å². The van der Waals surface area contributed by atoms with E-state index in [1.165, 1.54) is 10.9 Å². The largest absolute Gasteiger partial charge is 0.369 e. The molecule has 14 heteroatoms. The van der Waals surface area contributed by atoms with Crippen LogP contribution in [-0.4, -0.2) is 58.6 Å². The first-order valence-electron chi connectivity index (χ1n) is 7.95. The van der Waals surface area contributed by atoms with Crippen molar-refractivity contribution in [1.29, 1.82) is 0 Å². The van der Waals surface area contributed by atoms with Crippen molar-refractivity contribution in [2.45, 2.75) is 44.2 Å². The normalized spacial score (nSPS) is 30.0. The van der Waals surface area contributed by atoms with E-state index in [1.54, 1.807) is 13.8 Å². The third-order valence-corrected chi connectivity index (χ3v) is 4.71. The van der Waals surface area contributed by atoms with Gasteiger partial charge in [0.2, 0.25) is 5.95 Å². The maximum atomic E-state index is 12.0. The van der Waals surface area contributed by atoms with Crippen molar-refractivity contribution in [1.82, 2.24) is 19.5 Å². The van der Waals surface area contributed by atoms with Crippen LogP contribution in [0, 0.1) is 0 Å². The van der Waals surface area contributed by atoms with E-state index in [0.717, 1.165) is 0 Å². The summed E-state index contributed by atoms with van der Waals surface area (Å²) in [5.41, 5.74) is 5.39. The van der Waals surface area contributed by atoms with Crippen LogP contribution >= 0.6 is 0 Å². The van der Waals surface area contributed by atoms with Gasteiger partial charge in [-0.3, -0.25) is 18.5 Å². The zero-order valence-electron chi connectivity index (χ0n) is 14.4. The van der Waals surface area contributed by atoms with Gasteiger partial charge in [0, 0.05) is 0 Å². The zero-order valence-corrected chi connectivity index (χ0v) is 15.2. The second kappa shape index (κ2) is 5.95. The van der Waals surface area contributed by atoms with Gasteiger partial charge < -0.3 is 19.9 Å². The molecule has 4 heterocycles. The smallest absolute Gasteiger partial charge is 0.333 e. The summed E-state index contributed by atoms with van der Waals surface area (Å²) in [6.45, 7) is 3.07. The van der Waals surface area contributed by atoms with E-state index in [-0.39, 0.29) is 23.7 Å². The van der Waals surface area contributed by atoms with Crippen molar-refractivity contribution in [3.63, 3.8) is 0 Å². The number of hydrogen-bond acceptors (Lipinski definition) is 10. The number of fused-ring (bicyclic) bond motifs is 2. The molecule has 148 valence electrons. The molecule has 4 rings (SSSR count). The highest BCUT2D eigenvalue weighted by molar-refractivity contribution is 7.84. The Labute approximate surface area is 152 Å². The summed E-state index contributed by atoms with van der Waals surface area (Å²) >= 11 is 0. The van der Waals surface area contributed by atoms with Crippen LogP contribution in [0.2, 0.25) is 0 Å². The van der Waals surface area contributed by atoms with Gasteiger partial charge in [0.15, 0.2) is 23.2 Å². The monoisotopic (exact) mass is 402 g/mol. The topological polar surface area (TPSA) is 187 Å². The van der Waals surface area contributed by atoms with Crippen molar-refractivity contribution in [2.24, 2.45) is 5.14 Å². The van der Waals surface area contributed by atoms with Gasteiger partial charge in [0.05, 0.1) is 12.9 Å². The SMILES string of the molecule is CC1(C)OC2C(COS(N)(=O)=O)OC(n3cnc4c(=O)[nH]c(N)nc43)C2O1. The number of nitrogens with one attached hydrogen (secondary N) is 1. The molecule has 5 N–H and O–H groups in total. The third-order valence-electron chi connectivity index (χ3n) is 4.25. The Morgan fingerprint density at radius 3 is 2.78 bits per heavy atom. The fourth-order valence-electron chi connectivity index (χ4n) is 3.31. The van der Waals surface area contributed by atoms with Crippen molar-refractivity contribution < 1.29 is 26.8 Å². The summed E-state index contributed by atoms with van der Waals surface area (Å²) in [4.78, 5) is 22.5. The Kier molecular flexibility index (Phi) is 4.03. The second-order valence-electron chi connectivity index (χ2n) is 6.68. The average Bonchev–Trinajstić information content (AvgIpc) is 3.15. The van der Waals surface area contributed by atoms with E-state index < -0.39 is 46.2 Å². The van der Waals surface area contributed by atoms with Crippen LogP contribution in [0.5, 0.6) is 0 Å². The highest BCUT2D eigenvalue weighted by Gasteiger charge is 2.56. The lowest BCUT2D eigenvalue weighted by molar-refractivity contribution is -0.198. The number of aromatic amines is 1. The Morgan fingerprint density at radius 2 is 2.07 bits per heavy atom. The standard InChI is InChI=1S/C13H18N6O7S/c1-13(2)25-7-5(3-23-27(15,21)22)24-11(8(7)26-13)19-4-16-6-9(19)17-12(14)18-10(6)20/h4-5,7-8,11H,3H2,1-2H3,(H2,15,21,22)(H3,14,17,18,20). The van der Waals surface area contributed by atoms with Gasteiger partial charge in [0.1, 0.15) is 18.3 Å². The van der Waals surface area contributed by atoms with Crippen LogP contribution < -0.4 is 16.4 Å². The molecule has 4 atom stereocenters. The number of hydrogen-bond donors (Lipinski definition) is 3. The molecule has 2 fully saturated rings. The molecule has 0 aromatic carbocycles. The van der Waals surface area contributed by atoms with E-state index in [0.29, 0.717) is 0 Å². The molecule has 2 aliphatic rings. The van der Waals surface area contributed by atoms with E-state index in [9.17, 15) is 13.2 Å². The molecule has 2 saturated heterocycles. The molecule has 2 aromatic rings. The molecular formula is C13H18N6O7S. The molecule has 13 nitrogen and oxygen atoms in total. The van der Waals surface area contributed by atoms with Gasteiger partial charge in [-0.25, -0.2) is 10.1 Å². The van der Waals surface area contributed by atoms with Gasteiger partial charge in [-0.15, -0.1) is 0 Å². The summed E-state index contributed by atoms with van der Waals surface area (Å²) in [5.74, 6) is -1.01. The fourth-order valence-corrected chi connectivity index (χ4v) is 3.63. The fraction of sp³-hybridized carbons (Fsp3) is 0.615. The van der Waals surface area contributed by atoms with Gasteiger partial charge in [-0.05, 0) is 13.8 Å². The number of nitrogen functional groups attached to an aromatic ring is 1. The minimum Gasteiger partial charge on any atom is -0.369 e. The van der Waals surface area contributed by atoms with Crippen LogP contribution in [-0.2, 0) is 28.7 Å². The molecule has 0 saturated carbocycles. The van der Waals surface area contributed by atoms with Crippen LogP contribution in [0.15, 0.2) is 11.1 Å². The molecule has 27 heavy (non-hydrogen) atoms. The summed E-state index contributed by atoms with van der Waals surface area (Å²) < 4.78 is 46.0. The summed E-state index contributed by atoms with van der Waals surface area (Å²) in [6, 6.07) is 0. The molecule has 0 spiro atoms. The lowest BCUT2D eigenvalue weighted by Crippen LogP contribution is -2.34. The van der Waals surface area contributed by atoms with Crippen molar-refractivity contribution in [3.8, 4) is 0 Å². The van der Waals surface area contributed by atoms with E-state index >= 15 is 0 Å². The number of nitrogens with two attached hydrogens (primary N) is 2. The van der Waals surface area contributed by atoms with Crippen molar-refractivity contribution in [2.75, 3.05) is 12.3 Å². The predicted molar refractivity (Wildman–Crippen MR) is 89.4 cm³/mol. The van der Waals surface area contributed by atoms with Crippen LogP contribution in [0.4, 0.5) is 5.95 Å². The van der Waals surface area contributed by atoms with Gasteiger partial charge in [-0.2, -0.15) is 13.4 Å². The molecule has 4 unspecified atom stereocenters. The van der Waals surface area contributed by atoms with Gasteiger partial charge in [0.25, 0.3) is 5.56 Å². The molecule has 2 aromatic heterocycles. The first kappa shape index (κ1) is 18.3. The van der Waals surface area contributed by atoms with Crippen molar-refractivity contribution in [3.05, 3.63) is 16.7 Å². The first-order chi connectivity index (χ1) is 12.5. The lowest BCUT2D eigenvalue weighted by atomic mass is 10.1. The Hall–Kier alpha value is -2.10. The number of H-pyrrole nitrogens is 1. The Bertz CT molecular complexity index is 1050. The number of anilines is 1. The van der Waals surface area contributed by atoms with Crippen molar-refractivity contribution >= 4 is 27.4 Å². The number of imidazole rings is 1. The Balaban J connectivity index is 1.71. The van der Waals surface area contributed by atoms with E-state index in [4.69, 9.17) is 25.1 Å². The highest BCUT2D eigenvalue weighted by atomic mass is 32.2. The van der Waals surface area contributed by atoms with E-state index in [2.05, 4.69) is 19.1 Å². The maximum absolute atomic E-state index is 12.0. The minimum atomic E-state index is -4.16. The zero-order chi connectivity index (χ0) is 19.6. The van der Waals surface area contributed by atoms with Gasteiger partial charge in [-0.1, -0.05) is 0 Å². The molecule has 2 aliphatic heterocycles. The Morgan fingerprint density at radius 1 is 1.37 bits per heavy atom. The number of nitrogens with zero attached hydrogens (tertiary/aromatic N) is 3. The maximum Gasteiger partial charge on any atom is 0.333 e. The summed E-state index contributed by atoms with van der Waals surface area (Å²) in [7, 11) is -4.16. The molecule has 0 radical (unpaired) electrons. The number of ether oxygens (including phenoxy) is 3. The molecule has 0 amide bonds. The van der Waals surface area contributed by atoms with Gasteiger partial charge >= 0.3 is 10.3 Å². The number of rotatable bonds is 4. The van der Waals surface area contributed by atoms with Crippen LogP contribution in [0.25, 0.3) is 11.2 Å². The lowest BCUT2D eigenvalue weighted by Gasteiger charge is -2.24. The number of aromatic nitrogens is 4. The minimum absolute atomic E-state index is 0.0757. The quantitative estimate of drug-likeness (QED) is 0.534. The molecule has 0 aliphatic carbocycles. The average molecular weight is 402 g/mol. The summed E-state index contributed by atoms with van der Waals surface area (Å²) in [5, 5.41) is 4.89. The highest BCUT2D eigenvalue weighted by Crippen LogP contribution is 2.43. The van der Waals surface area contributed by atoms with Crippen LogP contribution in [0.1, 0.15) is 20.1 Å². The van der Waals surface area contributed by atoms with Crippen LogP contribution in [0.3, 0.4) is 0 Å². The molecular weight excluding hydrogens is 384 g/mol. The predicted octanol–water partition coefficient (Wildman–Crippen LogP) is -1.66. The molecule has 0 bridgehead atoms. The summed E-state index contributed by atoms with van der Waals surface area (Å²) in [6.07, 6.45) is -1.50. The second-order valence-corrected chi connectivity index (χ2v) is 7.90.